The van der Waals surface area contributed by atoms with Crippen molar-refractivity contribution in [2.45, 2.75) is 12.3 Å². The number of hydrogen-bond donors (Lipinski definition) is 0. The summed E-state index contributed by atoms with van der Waals surface area (Å²) in [4.78, 5) is 13.1. The number of rotatable bonds is 4. The number of ether oxygens (including phenoxy) is 1. The number of anilines is 1. The van der Waals surface area contributed by atoms with E-state index in [0.717, 1.165) is 29.7 Å². The van der Waals surface area contributed by atoms with E-state index in [0.29, 0.717) is 11.6 Å². The van der Waals surface area contributed by atoms with E-state index in [2.05, 4.69) is 33.0 Å². The van der Waals surface area contributed by atoms with E-state index >= 15 is 0 Å². The molecule has 0 spiro atoms. The van der Waals surface area contributed by atoms with Gasteiger partial charge in [-0.2, -0.15) is 0 Å². The minimum atomic E-state index is -0.319. The summed E-state index contributed by atoms with van der Waals surface area (Å²) in [5, 5.41) is 11.3. The molecule has 1 unspecified atom stereocenters. The maximum absolute atomic E-state index is 11.3. The first kappa shape index (κ1) is 15.8. The van der Waals surface area contributed by atoms with Gasteiger partial charge in [0.1, 0.15) is 11.4 Å². The zero-order valence-corrected chi connectivity index (χ0v) is 14.3. The Kier molecular flexibility index (Phi) is 4.52. The van der Waals surface area contributed by atoms with Crippen LogP contribution in [0.1, 0.15) is 17.9 Å². The van der Waals surface area contributed by atoms with E-state index in [1.165, 1.54) is 5.56 Å². The Morgan fingerprint density at radius 1 is 1.26 bits per heavy atom. The number of methoxy groups -OCH3 is 1. The molecule has 1 heterocycles. The second-order valence-corrected chi connectivity index (χ2v) is 6.51. The Balaban J connectivity index is 1.81. The quantitative estimate of drug-likeness (QED) is 0.587. The van der Waals surface area contributed by atoms with Crippen LogP contribution in [0.3, 0.4) is 0 Å². The molecule has 0 aromatic heterocycles. The average molecular weight is 377 g/mol. The summed E-state index contributed by atoms with van der Waals surface area (Å²) in [6.45, 7) is 1.61. The van der Waals surface area contributed by atoms with Crippen molar-refractivity contribution in [3.8, 4) is 5.75 Å². The summed E-state index contributed by atoms with van der Waals surface area (Å²) in [6.07, 6.45) is 0.986. The van der Waals surface area contributed by atoms with Crippen LogP contribution in [-0.2, 0) is 0 Å². The van der Waals surface area contributed by atoms with Crippen molar-refractivity contribution in [2.75, 3.05) is 25.1 Å². The smallest absolute Gasteiger partial charge is 0.293 e. The van der Waals surface area contributed by atoms with Gasteiger partial charge in [0.2, 0.25) is 0 Å². The molecule has 0 bridgehead atoms. The van der Waals surface area contributed by atoms with Gasteiger partial charge < -0.3 is 9.64 Å². The van der Waals surface area contributed by atoms with E-state index in [-0.39, 0.29) is 10.6 Å². The van der Waals surface area contributed by atoms with E-state index in [9.17, 15) is 10.1 Å². The van der Waals surface area contributed by atoms with Crippen LogP contribution < -0.4 is 9.64 Å². The molecular formula is C17H17BrN2O3. The first-order valence-electron chi connectivity index (χ1n) is 7.41. The highest BCUT2D eigenvalue weighted by Crippen LogP contribution is 2.37. The number of halogens is 1. The van der Waals surface area contributed by atoms with Gasteiger partial charge >= 0.3 is 0 Å². The third-order valence-corrected chi connectivity index (χ3v) is 4.74. The molecule has 0 aliphatic carbocycles. The van der Waals surface area contributed by atoms with Crippen molar-refractivity contribution < 1.29 is 9.66 Å². The molecule has 1 atom stereocenters. The van der Waals surface area contributed by atoms with E-state index < -0.39 is 0 Å². The lowest BCUT2D eigenvalue weighted by Gasteiger charge is -2.19. The van der Waals surface area contributed by atoms with Crippen LogP contribution >= 0.6 is 15.9 Å². The summed E-state index contributed by atoms with van der Waals surface area (Å²) in [6, 6.07) is 13.3. The lowest BCUT2D eigenvalue weighted by Crippen LogP contribution is -2.20. The topological polar surface area (TPSA) is 55.6 Å². The molecular weight excluding hydrogens is 360 g/mol. The highest BCUT2D eigenvalue weighted by atomic mass is 79.9. The third-order valence-electron chi connectivity index (χ3n) is 4.25. The van der Waals surface area contributed by atoms with Crippen molar-refractivity contribution in [1.82, 2.24) is 0 Å². The molecule has 0 amide bonds. The molecule has 1 aliphatic heterocycles. The first-order valence-corrected chi connectivity index (χ1v) is 8.20. The van der Waals surface area contributed by atoms with E-state index in [1.807, 2.05) is 24.3 Å². The lowest BCUT2D eigenvalue weighted by molar-refractivity contribution is -0.384. The molecule has 0 saturated carbocycles. The standard InChI is InChI=1S/C17H17BrN2O3/c1-23-15-5-2-12(3-6-15)13-8-9-19(11-13)16-7-4-14(18)10-17(16)20(21)22/h2-7,10,13H,8-9,11H2,1H3. The van der Waals surface area contributed by atoms with Gasteiger partial charge in [-0.05, 0) is 36.2 Å². The molecule has 1 saturated heterocycles. The Morgan fingerprint density at radius 2 is 2.00 bits per heavy atom. The zero-order valence-electron chi connectivity index (χ0n) is 12.7. The fourth-order valence-electron chi connectivity index (χ4n) is 3.04. The number of hydrogen-bond acceptors (Lipinski definition) is 4. The number of benzene rings is 2. The monoisotopic (exact) mass is 376 g/mol. The van der Waals surface area contributed by atoms with Gasteiger partial charge in [-0.1, -0.05) is 28.1 Å². The Labute approximate surface area is 143 Å². The van der Waals surface area contributed by atoms with Crippen LogP contribution in [0.15, 0.2) is 46.9 Å². The lowest BCUT2D eigenvalue weighted by atomic mass is 9.98. The van der Waals surface area contributed by atoms with Gasteiger partial charge in [-0.15, -0.1) is 0 Å². The van der Waals surface area contributed by atoms with Crippen LogP contribution in [0.5, 0.6) is 5.75 Å². The average Bonchev–Trinajstić information content (AvgIpc) is 3.04. The molecule has 5 nitrogen and oxygen atoms in total. The van der Waals surface area contributed by atoms with Gasteiger partial charge in [-0.25, -0.2) is 0 Å². The van der Waals surface area contributed by atoms with Crippen LogP contribution in [0.4, 0.5) is 11.4 Å². The number of nitro groups is 1. The molecule has 1 aliphatic rings. The largest absolute Gasteiger partial charge is 0.497 e. The van der Waals surface area contributed by atoms with Crippen LogP contribution in [0.25, 0.3) is 0 Å². The maximum Gasteiger partial charge on any atom is 0.293 e. The fourth-order valence-corrected chi connectivity index (χ4v) is 3.39. The van der Waals surface area contributed by atoms with E-state index in [1.54, 1.807) is 13.2 Å². The van der Waals surface area contributed by atoms with Gasteiger partial charge in [0, 0.05) is 29.5 Å². The van der Waals surface area contributed by atoms with Gasteiger partial charge in [0.25, 0.3) is 5.69 Å². The minimum Gasteiger partial charge on any atom is -0.497 e. The molecule has 120 valence electrons. The second kappa shape index (κ2) is 6.58. The predicted molar refractivity (Wildman–Crippen MR) is 93.4 cm³/mol. The van der Waals surface area contributed by atoms with Crippen molar-refractivity contribution >= 4 is 27.3 Å². The molecule has 6 heteroatoms. The van der Waals surface area contributed by atoms with E-state index in [4.69, 9.17) is 4.74 Å². The highest BCUT2D eigenvalue weighted by Gasteiger charge is 2.28. The number of nitro benzene ring substituents is 1. The van der Waals surface area contributed by atoms with Crippen molar-refractivity contribution in [1.29, 1.82) is 0 Å². The number of nitrogens with zero attached hydrogens (tertiary/aromatic N) is 2. The Morgan fingerprint density at radius 3 is 2.65 bits per heavy atom. The highest BCUT2D eigenvalue weighted by molar-refractivity contribution is 9.10. The maximum atomic E-state index is 11.3. The molecule has 23 heavy (non-hydrogen) atoms. The summed E-state index contributed by atoms with van der Waals surface area (Å²) in [5.74, 6) is 1.22. The Bertz CT molecular complexity index is 718. The SMILES string of the molecule is COc1ccc(C2CCN(c3ccc(Br)cc3[N+](=O)[O-])C2)cc1. The van der Waals surface area contributed by atoms with Crippen molar-refractivity contribution in [3.05, 3.63) is 62.6 Å². The summed E-state index contributed by atoms with van der Waals surface area (Å²) < 4.78 is 5.91. The molecule has 2 aromatic rings. The van der Waals surface area contributed by atoms with Crippen molar-refractivity contribution in [2.24, 2.45) is 0 Å². The van der Waals surface area contributed by atoms with Gasteiger partial charge in [0.15, 0.2) is 0 Å². The van der Waals surface area contributed by atoms with Crippen LogP contribution in [0.2, 0.25) is 0 Å². The minimum absolute atomic E-state index is 0.148. The predicted octanol–water partition coefficient (Wildman–Crippen LogP) is 4.36. The molecule has 0 radical (unpaired) electrons. The first-order chi connectivity index (χ1) is 11.1. The summed E-state index contributed by atoms with van der Waals surface area (Å²) in [5.41, 5.74) is 2.08. The second-order valence-electron chi connectivity index (χ2n) is 5.59. The van der Waals surface area contributed by atoms with Crippen LogP contribution in [0, 0.1) is 10.1 Å². The molecule has 0 N–H and O–H groups in total. The summed E-state index contributed by atoms with van der Waals surface area (Å²) in [7, 11) is 1.65. The summed E-state index contributed by atoms with van der Waals surface area (Å²) >= 11 is 3.30. The van der Waals surface area contributed by atoms with Gasteiger partial charge in [-0.3, -0.25) is 10.1 Å². The third kappa shape index (κ3) is 3.32. The Hall–Kier alpha value is -2.08. The van der Waals surface area contributed by atoms with Gasteiger partial charge in [0.05, 0.1) is 12.0 Å². The molecule has 3 rings (SSSR count). The normalized spacial score (nSPS) is 17.3. The van der Waals surface area contributed by atoms with Crippen molar-refractivity contribution in [3.63, 3.8) is 0 Å². The zero-order chi connectivity index (χ0) is 16.4. The van der Waals surface area contributed by atoms with Crippen LogP contribution in [-0.4, -0.2) is 25.1 Å². The molecule has 2 aromatic carbocycles. The fraction of sp³-hybridized carbons (Fsp3) is 0.294. The molecule has 1 fully saturated rings.